The van der Waals surface area contributed by atoms with E-state index in [1.54, 1.807) is 12.1 Å². The van der Waals surface area contributed by atoms with Crippen LogP contribution in [0.15, 0.2) is 24.3 Å². The molecule has 4 rings (SSSR count). The van der Waals surface area contributed by atoms with Crippen molar-refractivity contribution in [2.24, 2.45) is 12.5 Å². The number of halogens is 1. The molecule has 24 heavy (non-hydrogen) atoms. The molecule has 1 aromatic heterocycles. The van der Waals surface area contributed by atoms with Crippen LogP contribution < -0.4 is 4.90 Å². The maximum absolute atomic E-state index is 13.2. The molecular weight excluding hydrogens is 303 g/mol. The molecule has 128 valence electrons. The number of piperidine rings is 1. The number of aromatic nitrogens is 3. The van der Waals surface area contributed by atoms with Crippen LogP contribution in [0.3, 0.4) is 0 Å². The first-order valence-electron chi connectivity index (χ1n) is 8.82. The summed E-state index contributed by atoms with van der Waals surface area (Å²) in [5.41, 5.74) is 1.48. The molecule has 0 spiro atoms. The van der Waals surface area contributed by atoms with Crippen molar-refractivity contribution >= 4 is 5.95 Å². The summed E-state index contributed by atoms with van der Waals surface area (Å²) >= 11 is 0. The van der Waals surface area contributed by atoms with Gasteiger partial charge in [-0.1, -0.05) is 26.0 Å². The van der Waals surface area contributed by atoms with E-state index in [1.807, 2.05) is 12.1 Å². The van der Waals surface area contributed by atoms with E-state index in [-0.39, 0.29) is 11.2 Å². The summed E-state index contributed by atoms with van der Waals surface area (Å²) in [6.07, 6.45) is 4.46. The van der Waals surface area contributed by atoms with Crippen LogP contribution in [-0.4, -0.2) is 27.9 Å². The lowest BCUT2D eigenvalue weighted by molar-refractivity contribution is 0.277. The van der Waals surface area contributed by atoms with Crippen LogP contribution in [0.5, 0.6) is 0 Å². The zero-order valence-electron chi connectivity index (χ0n) is 14.7. The van der Waals surface area contributed by atoms with Crippen molar-refractivity contribution in [2.75, 3.05) is 18.0 Å². The molecule has 0 radical (unpaired) electrons. The van der Waals surface area contributed by atoms with E-state index in [9.17, 15) is 4.39 Å². The number of hydrogen-bond donors (Lipinski definition) is 0. The lowest BCUT2D eigenvalue weighted by Crippen LogP contribution is -2.38. The molecule has 2 aliphatic rings. The van der Waals surface area contributed by atoms with Gasteiger partial charge in [0.15, 0.2) is 0 Å². The second-order valence-electron chi connectivity index (χ2n) is 8.12. The first-order chi connectivity index (χ1) is 11.4. The Morgan fingerprint density at radius 2 is 1.58 bits per heavy atom. The van der Waals surface area contributed by atoms with Gasteiger partial charge >= 0.3 is 0 Å². The van der Waals surface area contributed by atoms with Crippen molar-refractivity contribution in [3.63, 3.8) is 0 Å². The summed E-state index contributed by atoms with van der Waals surface area (Å²) in [7, 11) is 2.06. The van der Waals surface area contributed by atoms with Gasteiger partial charge in [0.2, 0.25) is 5.95 Å². The van der Waals surface area contributed by atoms with Gasteiger partial charge in [0.25, 0.3) is 0 Å². The van der Waals surface area contributed by atoms with Crippen molar-refractivity contribution in [3.8, 4) is 0 Å². The van der Waals surface area contributed by atoms with Crippen LogP contribution in [0, 0.1) is 11.2 Å². The Bertz CT molecular complexity index is 733. The largest absolute Gasteiger partial charge is 0.341 e. The Morgan fingerprint density at radius 3 is 2.17 bits per heavy atom. The molecule has 1 aliphatic heterocycles. The first-order valence-corrected chi connectivity index (χ1v) is 8.82. The third kappa shape index (κ3) is 2.50. The van der Waals surface area contributed by atoms with Crippen LogP contribution in [0.4, 0.5) is 10.3 Å². The van der Waals surface area contributed by atoms with E-state index in [2.05, 4.69) is 40.6 Å². The van der Waals surface area contributed by atoms with Gasteiger partial charge in [-0.25, -0.2) is 4.39 Å². The molecule has 0 atom stereocenters. The van der Waals surface area contributed by atoms with Gasteiger partial charge in [0, 0.05) is 20.1 Å². The van der Waals surface area contributed by atoms with E-state index < -0.39 is 0 Å². The van der Waals surface area contributed by atoms with Crippen molar-refractivity contribution in [1.29, 1.82) is 0 Å². The highest BCUT2D eigenvalue weighted by molar-refractivity contribution is 5.43. The topological polar surface area (TPSA) is 34.0 Å². The molecule has 2 fully saturated rings. The van der Waals surface area contributed by atoms with Gasteiger partial charge in [0.1, 0.15) is 11.6 Å². The predicted octanol–water partition coefficient (Wildman–Crippen LogP) is 3.66. The quantitative estimate of drug-likeness (QED) is 0.862. The molecule has 2 heterocycles. The van der Waals surface area contributed by atoms with E-state index in [0.29, 0.717) is 5.41 Å². The van der Waals surface area contributed by atoms with Crippen LogP contribution >= 0.6 is 0 Å². The predicted molar refractivity (Wildman–Crippen MR) is 92.6 cm³/mol. The maximum Gasteiger partial charge on any atom is 0.226 e. The minimum atomic E-state index is -0.191. The van der Waals surface area contributed by atoms with Gasteiger partial charge in [-0.2, -0.15) is 0 Å². The Morgan fingerprint density at radius 1 is 0.958 bits per heavy atom. The smallest absolute Gasteiger partial charge is 0.226 e. The SMILES string of the molecule is Cn1c(N2CCC(C)(C)CC2)nnc1C1(c2ccc(F)cc2)CC1. The summed E-state index contributed by atoms with van der Waals surface area (Å²) in [4.78, 5) is 2.35. The number of rotatable bonds is 3. The average molecular weight is 328 g/mol. The van der Waals surface area contributed by atoms with Gasteiger partial charge < -0.3 is 4.90 Å². The number of benzene rings is 1. The lowest BCUT2D eigenvalue weighted by atomic mass is 9.83. The minimum Gasteiger partial charge on any atom is -0.341 e. The summed E-state index contributed by atoms with van der Waals surface area (Å²) in [6.45, 7) is 6.73. The molecular formula is C19H25FN4. The van der Waals surface area contributed by atoms with Crippen LogP contribution in [0.1, 0.15) is 50.9 Å². The second kappa shape index (κ2) is 5.30. The monoisotopic (exact) mass is 328 g/mol. The fourth-order valence-electron chi connectivity index (χ4n) is 3.86. The van der Waals surface area contributed by atoms with E-state index in [1.165, 1.54) is 12.8 Å². The second-order valence-corrected chi connectivity index (χ2v) is 8.12. The first kappa shape index (κ1) is 15.6. The maximum atomic E-state index is 13.2. The summed E-state index contributed by atoms with van der Waals surface area (Å²) in [5.74, 6) is 1.78. The molecule has 2 aromatic rings. The van der Waals surface area contributed by atoms with Gasteiger partial charge in [-0.15, -0.1) is 10.2 Å². The third-order valence-corrected chi connectivity index (χ3v) is 5.83. The average Bonchev–Trinajstić information content (AvgIpc) is 3.26. The minimum absolute atomic E-state index is 0.0806. The highest BCUT2D eigenvalue weighted by atomic mass is 19.1. The molecule has 1 saturated heterocycles. The fourth-order valence-corrected chi connectivity index (χ4v) is 3.86. The number of hydrogen-bond acceptors (Lipinski definition) is 3. The standard InChI is InChI=1S/C19H25FN4/c1-18(2)10-12-24(13-11-18)17-22-21-16(23(17)3)19(8-9-19)14-4-6-15(20)7-5-14/h4-7H,8-13H2,1-3H3. The highest BCUT2D eigenvalue weighted by Crippen LogP contribution is 2.53. The number of anilines is 1. The van der Waals surface area contributed by atoms with E-state index >= 15 is 0 Å². The zero-order chi connectivity index (χ0) is 16.9. The van der Waals surface area contributed by atoms with Gasteiger partial charge in [-0.05, 0) is 48.8 Å². The lowest BCUT2D eigenvalue weighted by Gasteiger charge is -2.37. The van der Waals surface area contributed by atoms with Crippen molar-refractivity contribution in [3.05, 3.63) is 41.5 Å². The van der Waals surface area contributed by atoms with Crippen LogP contribution in [0.2, 0.25) is 0 Å². The van der Waals surface area contributed by atoms with Crippen molar-refractivity contribution in [1.82, 2.24) is 14.8 Å². The molecule has 0 amide bonds. The van der Waals surface area contributed by atoms with Crippen molar-refractivity contribution < 1.29 is 4.39 Å². The normalized spacial score (nSPS) is 21.8. The Balaban J connectivity index is 1.62. The Labute approximate surface area is 142 Å². The van der Waals surface area contributed by atoms with Crippen LogP contribution in [0.25, 0.3) is 0 Å². The summed E-state index contributed by atoms with van der Waals surface area (Å²) < 4.78 is 15.4. The van der Waals surface area contributed by atoms with Crippen LogP contribution in [-0.2, 0) is 12.5 Å². The molecule has 0 bridgehead atoms. The molecule has 0 N–H and O–H groups in total. The summed E-state index contributed by atoms with van der Waals surface area (Å²) in [6, 6.07) is 6.86. The Hall–Kier alpha value is -1.91. The molecule has 5 heteroatoms. The molecule has 0 unspecified atom stereocenters. The van der Waals surface area contributed by atoms with E-state index in [4.69, 9.17) is 0 Å². The van der Waals surface area contributed by atoms with Gasteiger partial charge in [-0.3, -0.25) is 4.57 Å². The highest BCUT2D eigenvalue weighted by Gasteiger charge is 2.50. The molecule has 1 aliphatic carbocycles. The molecule has 1 saturated carbocycles. The van der Waals surface area contributed by atoms with E-state index in [0.717, 1.165) is 43.3 Å². The Kier molecular flexibility index (Phi) is 3.44. The van der Waals surface area contributed by atoms with Crippen molar-refractivity contribution in [2.45, 2.75) is 44.9 Å². The third-order valence-electron chi connectivity index (χ3n) is 5.83. The van der Waals surface area contributed by atoms with Gasteiger partial charge in [0.05, 0.1) is 5.41 Å². The summed E-state index contributed by atoms with van der Waals surface area (Å²) in [5, 5.41) is 9.04. The molecule has 4 nitrogen and oxygen atoms in total. The fraction of sp³-hybridized carbons (Fsp3) is 0.579. The zero-order valence-corrected chi connectivity index (χ0v) is 14.7. The number of nitrogens with zero attached hydrogens (tertiary/aromatic N) is 4. The molecule has 1 aromatic carbocycles.